The lowest BCUT2D eigenvalue weighted by Gasteiger charge is -2.22. The summed E-state index contributed by atoms with van der Waals surface area (Å²) in [6.45, 7) is 3.91. The summed E-state index contributed by atoms with van der Waals surface area (Å²) < 4.78 is 5.56. The van der Waals surface area contributed by atoms with Crippen molar-refractivity contribution in [2.45, 2.75) is 13.3 Å². The molecular formula is C19H22N4O4. The van der Waals surface area contributed by atoms with Crippen LogP contribution in [0.3, 0.4) is 0 Å². The number of rotatable bonds is 4. The minimum Gasteiger partial charge on any atom is -0.484 e. The van der Waals surface area contributed by atoms with Gasteiger partial charge in [-0.1, -0.05) is 17.7 Å². The molecule has 1 aliphatic rings. The highest BCUT2D eigenvalue weighted by atomic mass is 16.5. The molecule has 0 unspecified atom stereocenters. The number of carbonyl (C=O) groups is 2. The van der Waals surface area contributed by atoms with Gasteiger partial charge in [-0.25, -0.2) is 5.10 Å². The van der Waals surface area contributed by atoms with Gasteiger partial charge in [0.15, 0.2) is 6.61 Å². The number of ether oxygens (including phenoxy) is 1. The molecule has 1 fully saturated rings. The molecular weight excluding hydrogens is 348 g/mol. The fourth-order valence-corrected chi connectivity index (χ4v) is 2.87. The molecule has 0 atom stereocenters. The number of nitrogens with one attached hydrogen (secondary N) is 1. The van der Waals surface area contributed by atoms with Gasteiger partial charge in [0.1, 0.15) is 11.4 Å². The molecule has 0 saturated carbocycles. The Bertz CT molecular complexity index is 842. The Hall–Kier alpha value is -3.16. The summed E-state index contributed by atoms with van der Waals surface area (Å²) in [7, 11) is 0. The Labute approximate surface area is 156 Å². The molecule has 0 bridgehead atoms. The number of nitrogens with zero attached hydrogens (tertiary/aromatic N) is 3. The fraction of sp³-hybridized carbons (Fsp3) is 0.368. The van der Waals surface area contributed by atoms with Gasteiger partial charge < -0.3 is 14.5 Å². The molecule has 3 rings (SSSR count). The van der Waals surface area contributed by atoms with Crippen LogP contribution < -0.4 is 10.3 Å². The van der Waals surface area contributed by atoms with Gasteiger partial charge in [-0.3, -0.25) is 14.4 Å². The zero-order valence-corrected chi connectivity index (χ0v) is 15.2. The second-order valence-corrected chi connectivity index (χ2v) is 6.43. The van der Waals surface area contributed by atoms with Crippen molar-refractivity contribution in [1.82, 2.24) is 20.0 Å². The minimum atomic E-state index is -0.354. The molecule has 1 aromatic heterocycles. The number of hydrogen-bond donors (Lipinski definition) is 1. The third-order valence-electron chi connectivity index (χ3n) is 4.42. The molecule has 1 N–H and O–H groups in total. The third kappa shape index (κ3) is 4.93. The first kappa shape index (κ1) is 18.6. The van der Waals surface area contributed by atoms with Crippen LogP contribution in [0.4, 0.5) is 0 Å². The molecule has 1 aromatic carbocycles. The number of aryl methyl sites for hydroxylation is 1. The lowest BCUT2D eigenvalue weighted by molar-refractivity contribution is -0.133. The molecule has 27 heavy (non-hydrogen) atoms. The lowest BCUT2D eigenvalue weighted by atomic mass is 10.2. The quantitative estimate of drug-likeness (QED) is 0.860. The van der Waals surface area contributed by atoms with E-state index in [1.54, 1.807) is 9.80 Å². The van der Waals surface area contributed by atoms with E-state index in [0.717, 1.165) is 5.56 Å². The smallest absolute Gasteiger partial charge is 0.274 e. The van der Waals surface area contributed by atoms with E-state index in [-0.39, 0.29) is 29.7 Å². The van der Waals surface area contributed by atoms with Crippen molar-refractivity contribution < 1.29 is 14.3 Å². The summed E-state index contributed by atoms with van der Waals surface area (Å²) >= 11 is 0. The van der Waals surface area contributed by atoms with Crippen molar-refractivity contribution in [1.29, 1.82) is 0 Å². The number of H-pyrrole nitrogens is 1. The lowest BCUT2D eigenvalue weighted by Crippen LogP contribution is -2.39. The molecule has 8 heteroatoms. The average molecular weight is 370 g/mol. The van der Waals surface area contributed by atoms with Crippen molar-refractivity contribution >= 4 is 11.8 Å². The van der Waals surface area contributed by atoms with Crippen LogP contribution in [0.15, 0.2) is 41.2 Å². The molecule has 1 aliphatic heterocycles. The summed E-state index contributed by atoms with van der Waals surface area (Å²) in [5, 5.41) is 6.04. The maximum Gasteiger partial charge on any atom is 0.274 e. The highest BCUT2D eigenvalue weighted by molar-refractivity contribution is 5.92. The molecule has 0 spiro atoms. The third-order valence-corrected chi connectivity index (χ3v) is 4.42. The van der Waals surface area contributed by atoms with Gasteiger partial charge in [-0.05, 0) is 31.5 Å². The van der Waals surface area contributed by atoms with E-state index >= 15 is 0 Å². The molecule has 2 amide bonds. The molecule has 0 radical (unpaired) electrons. The number of aromatic amines is 1. The predicted octanol–water partition coefficient (Wildman–Crippen LogP) is 0.832. The van der Waals surface area contributed by atoms with Crippen molar-refractivity contribution in [3.63, 3.8) is 0 Å². The molecule has 8 nitrogen and oxygen atoms in total. The first-order chi connectivity index (χ1) is 13.0. The highest BCUT2D eigenvalue weighted by Crippen LogP contribution is 2.12. The Balaban J connectivity index is 1.53. The van der Waals surface area contributed by atoms with Crippen molar-refractivity contribution in [3.8, 4) is 5.75 Å². The molecule has 2 aromatic rings. The number of hydrogen-bond acceptors (Lipinski definition) is 5. The zero-order valence-electron chi connectivity index (χ0n) is 15.2. The largest absolute Gasteiger partial charge is 0.484 e. The summed E-state index contributed by atoms with van der Waals surface area (Å²) in [5.74, 6) is 0.299. The van der Waals surface area contributed by atoms with E-state index in [4.69, 9.17) is 4.74 Å². The van der Waals surface area contributed by atoms with Crippen LogP contribution in [0.25, 0.3) is 0 Å². The number of aromatic nitrogens is 2. The first-order valence-electron chi connectivity index (χ1n) is 8.85. The fourth-order valence-electron chi connectivity index (χ4n) is 2.87. The second-order valence-electron chi connectivity index (χ2n) is 6.43. The summed E-state index contributed by atoms with van der Waals surface area (Å²) in [6, 6.07) is 10.2. The maximum absolute atomic E-state index is 12.5. The standard InChI is InChI=1S/C19H22N4O4/c1-14-3-5-15(6-4-14)27-13-18(25)22-9-2-10-23(12-11-22)19(26)16-7-8-17(24)21-20-16/h3-8H,2,9-13H2,1H3,(H,21,24). The van der Waals surface area contributed by atoms with Gasteiger partial charge in [-0.2, -0.15) is 5.10 Å². The molecule has 1 saturated heterocycles. The van der Waals surface area contributed by atoms with Gasteiger partial charge in [0.05, 0.1) is 0 Å². The normalized spacial score (nSPS) is 14.6. The number of amides is 2. The van der Waals surface area contributed by atoms with Gasteiger partial charge >= 0.3 is 0 Å². The van der Waals surface area contributed by atoms with Gasteiger partial charge in [0.25, 0.3) is 17.4 Å². The zero-order chi connectivity index (χ0) is 19.2. The Kier molecular flexibility index (Phi) is 5.85. The van der Waals surface area contributed by atoms with Crippen LogP contribution in [0.5, 0.6) is 5.75 Å². The Morgan fingerprint density at radius 2 is 1.74 bits per heavy atom. The van der Waals surface area contributed by atoms with Gasteiger partial charge in [0, 0.05) is 32.2 Å². The summed E-state index contributed by atoms with van der Waals surface area (Å²) in [6.07, 6.45) is 0.672. The monoisotopic (exact) mass is 370 g/mol. The van der Waals surface area contributed by atoms with Crippen molar-refractivity contribution in [2.75, 3.05) is 32.8 Å². The molecule has 2 heterocycles. The number of benzene rings is 1. The van der Waals surface area contributed by atoms with E-state index < -0.39 is 0 Å². The Morgan fingerprint density at radius 3 is 2.44 bits per heavy atom. The topological polar surface area (TPSA) is 95.6 Å². The van der Waals surface area contributed by atoms with Crippen LogP contribution in [0.1, 0.15) is 22.5 Å². The van der Waals surface area contributed by atoms with Crippen LogP contribution in [-0.4, -0.2) is 64.6 Å². The van der Waals surface area contributed by atoms with E-state index in [0.29, 0.717) is 38.3 Å². The SMILES string of the molecule is Cc1ccc(OCC(=O)N2CCCN(C(=O)c3ccc(=O)[nH]n3)CC2)cc1. The van der Waals surface area contributed by atoms with Gasteiger partial charge in [0.2, 0.25) is 0 Å². The van der Waals surface area contributed by atoms with E-state index in [2.05, 4.69) is 10.2 Å². The molecule has 142 valence electrons. The Morgan fingerprint density at radius 1 is 1.04 bits per heavy atom. The summed E-state index contributed by atoms with van der Waals surface area (Å²) in [5.41, 5.74) is 0.966. The predicted molar refractivity (Wildman–Crippen MR) is 98.6 cm³/mol. The van der Waals surface area contributed by atoms with Gasteiger partial charge in [-0.15, -0.1) is 0 Å². The van der Waals surface area contributed by atoms with E-state index in [1.807, 2.05) is 31.2 Å². The number of carbonyl (C=O) groups excluding carboxylic acids is 2. The highest BCUT2D eigenvalue weighted by Gasteiger charge is 2.23. The first-order valence-corrected chi connectivity index (χ1v) is 8.85. The van der Waals surface area contributed by atoms with Crippen LogP contribution in [0.2, 0.25) is 0 Å². The van der Waals surface area contributed by atoms with Crippen LogP contribution >= 0.6 is 0 Å². The molecule has 0 aliphatic carbocycles. The van der Waals surface area contributed by atoms with E-state index in [1.165, 1.54) is 12.1 Å². The van der Waals surface area contributed by atoms with Crippen LogP contribution in [0, 0.1) is 6.92 Å². The van der Waals surface area contributed by atoms with Crippen LogP contribution in [-0.2, 0) is 4.79 Å². The summed E-state index contributed by atoms with van der Waals surface area (Å²) in [4.78, 5) is 39.3. The van der Waals surface area contributed by atoms with Crippen molar-refractivity contribution in [3.05, 3.63) is 58.0 Å². The van der Waals surface area contributed by atoms with E-state index in [9.17, 15) is 14.4 Å². The second kappa shape index (κ2) is 8.48. The minimum absolute atomic E-state index is 0.0293. The maximum atomic E-state index is 12.5. The average Bonchev–Trinajstić information content (AvgIpc) is 2.94. The van der Waals surface area contributed by atoms with Crippen molar-refractivity contribution in [2.24, 2.45) is 0 Å².